The van der Waals surface area contributed by atoms with Crippen molar-refractivity contribution in [1.82, 2.24) is 9.47 Å². The highest BCUT2D eigenvalue weighted by Crippen LogP contribution is 2.39. The molecule has 210 valence electrons. The maximum Gasteiger partial charge on any atom is 0.201 e. The van der Waals surface area contributed by atoms with Crippen LogP contribution in [-0.4, -0.2) is 22.3 Å². The van der Waals surface area contributed by atoms with Gasteiger partial charge in [0.25, 0.3) is 0 Å². The van der Waals surface area contributed by atoms with Gasteiger partial charge in [0.2, 0.25) is 5.43 Å². The Kier molecular flexibility index (Phi) is 8.29. The summed E-state index contributed by atoms with van der Waals surface area (Å²) in [6.45, 7) is 6.45. The summed E-state index contributed by atoms with van der Waals surface area (Å²) < 4.78 is 31.2. The molecule has 0 spiro atoms. The fourth-order valence-corrected chi connectivity index (χ4v) is 6.35. The van der Waals surface area contributed by atoms with Gasteiger partial charge in [0.05, 0.1) is 17.5 Å². The van der Waals surface area contributed by atoms with E-state index in [0.717, 1.165) is 27.1 Å². The standard InChI is InChI=1S/C34H32F2N2O2S/c1-21(2)31(39)27-20-38(19-25-28(35)11-8-12-29(25)36)34-30(32(27)40)26(18-37(4)17-23-9-6-5-7-10-23)33(41-34)24-15-13-22(3)14-16-24/h5-16,20-21H,17-19H2,1-4H3. The predicted molar refractivity (Wildman–Crippen MR) is 162 cm³/mol. The van der Waals surface area contributed by atoms with Gasteiger partial charge in [0.15, 0.2) is 5.78 Å². The molecule has 2 heterocycles. The highest BCUT2D eigenvalue weighted by Gasteiger charge is 2.26. The van der Waals surface area contributed by atoms with E-state index in [1.807, 2.05) is 56.4 Å². The lowest BCUT2D eigenvalue weighted by molar-refractivity contribution is 0.0938. The fraction of sp³-hybridized carbons (Fsp3) is 0.235. The van der Waals surface area contributed by atoms with Crippen LogP contribution in [0.5, 0.6) is 0 Å². The minimum atomic E-state index is -0.674. The Labute approximate surface area is 242 Å². The first-order chi connectivity index (χ1) is 19.6. The summed E-state index contributed by atoms with van der Waals surface area (Å²) >= 11 is 1.41. The zero-order chi connectivity index (χ0) is 29.3. The first-order valence-electron chi connectivity index (χ1n) is 13.6. The van der Waals surface area contributed by atoms with E-state index in [2.05, 4.69) is 17.0 Å². The molecular formula is C34H32F2N2O2S. The summed E-state index contributed by atoms with van der Waals surface area (Å²) in [5, 5.41) is 0.425. The van der Waals surface area contributed by atoms with Gasteiger partial charge in [-0.2, -0.15) is 0 Å². The number of aromatic nitrogens is 1. The molecule has 0 saturated heterocycles. The Bertz CT molecular complexity index is 1750. The lowest BCUT2D eigenvalue weighted by atomic mass is 9.99. The molecule has 3 aromatic carbocycles. The van der Waals surface area contributed by atoms with E-state index >= 15 is 0 Å². The molecule has 41 heavy (non-hydrogen) atoms. The van der Waals surface area contributed by atoms with Crippen LogP contribution in [-0.2, 0) is 19.6 Å². The molecule has 0 aliphatic rings. The maximum absolute atomic E-state index is 14.8. The number of Topliss-reactive ketones (excluding diaryl/α,β-unsaturated/α-hetero) is 1. The summed E-state index contributed by atoms with van der Waals surface area (Å²) in [5.41, 5.74) is 3.56. The van der Waals surface area contributed by atoms with Gasteiger partial charge in [-0.1, -0.05) is 80.1 Å². The van der Waals surface area contributed by atoms with Gasteiger partial charge in [0, 0.05) is 35.6 Å². The van der Waals surface area contributed by atoms with Crippen LogP contribution in [0.2, 0.25) is 0 Å². The molecule has 0 unspecified atom stereocenters. The molecule has 0 radical (unpaired) electrons. The number of thiophene rings is 1. The zero-order valence-electron chi connectivity index (χ0n) is 23.6. The molecule has 0 bridgehead atoms. The number of pyridine rings is 1. The number of halogens is 2. The zero-order valence-corrected chi connectivity index (χ0v) is 24.4. The Balaban J connectivity index is 1.76. The molecule has 4 nitrogen and oxygen atoms in total. The van der Waals surface area contributed by atoms with E-state index in [-0.39, 0.29) is 28.9 Å². The first-order valence-corrected chi connectivity index (χ1v) is 14.4. The summed E-state index contributed by atoms with van der Waals surface area (Å²) in [6, 6.07) is 21.9. The second kappa shape index (κ2) is 11.9. The SMILES string of the molecule is Cc1ccc(-c2sc3c(c2CN(C)Cc2ccccc2)c(=O)c(C(=O)C(C)C)cn3Cc2c(F)cccc2F)cc1. The molecule has 5 rings (SSSR count). The Hall–Kier alpha value is -3.94. The third-order valence-corrected chi connectivity index (χ3v) is 8.54. The average Bonchev–Trinajstić information content (AvgIpc) is 3.32. The molecule has 0 fully saturated rings. The number of carbonyl (C=O) groups excluding carboxylic acids is 1. The van der Waals surface area contributed by atoms with Crippen LogP contribution in [0, 0.1) is 24.5 Å². The van der Waals surface area contributed by atoms with E-state index in [1.54, 1.807) is 18.4 Å². The number of hydrogen-bond acceptors (Lipinski definition) is 4. The van der Waals surface area contributed by atoms with Gasteiger partial charge in [0.1, 0.15) is 16.5 Å². The molecule has 7 heteroatoms. The van der Waals surface area contributed by atoms with Crippen LogP contribution in [0.3, 0.4) is 0 Å². The van der Waals surface area contributed by atoms with Crippen LogP contribution in [0.1, 0.15) is 46.5 Å². The van der Waals surface area contributed by atoms with E-state index < -0.39 is 17.6 Å². The predicted octanol–water partition coefficient (Wildman–Crippen LogP) is 7.84. The van der Waals surface area contributed by atoms with Crippen LogP contribution < -0.4 is 5.43 Å². The third kappa shape index (κ3) is 5.92. The van der Waals surface area contributed by atoms with Gasteiger partial charge < -0.3 is 4.57 Å². The van der Waals surface area contributed by atoms with Crippen molar-refractivity contribution in [2.75, 3.05) is 7.05 Å². The quantitative estimate of drug-likeness (QED) is 0.170. The summed E-state index contributed by atoms with van der Waals surface area (Å²) in [4.78, 5) is 31.0. The topological polar surface area (TPSA) is 42.3 Å². The monoisotopic (exact) mass is 570 g/mol. The number of benzene rings is 3. The molecule has 0 aliphatic heterocycles. The van der Waals surface area contributed by atoms with Crippen LogP contribution in [0.15, 0.2) is 83.8 Å². The number of ketones is 1. The highest BCUT2D eigenvalue weighted by molar-refractivity contribution is 7.22. The minimum absolute atomic E-state index is 0.0319. The van der Waals surface area contributed by atoms with Crippen molar-refractivity contribution in [2.45, 2.75) is 40.4 Å². The molecule has 2 aromatic heterocycles. The molecule has 0 saturated carbocycles. The molecular weight excluding hydrogens is 538 g/mol. The number of fused-ring (bicyclic) bond motifs is 1. The van der Waals surface area contributed by atoms with Gasteiger partial charge in [-0.05, 0) is 42.8 Å². The second-order valence-corrected chi connectivity index (χ2v) is 11.8. The minimum Gasteiger partial charge on any atom is -0.334 e. The van der Waals surface area contributed by atoms with Gasteiger partial charge in [-0.25, -0.2) is 8.78 Å². The van der Waals surface area contributed by atoms with E-state index in [9.17, 15) is 18.4 Å². The number of nitrogens with zero attached hydrogens (tertiary/aromatic N) is 2. The van der Waals surface area contributed by atoms with Crippen molar-refractivity contribution >= 4 is 27.3 Å². The molecule has 0 aliphatic carbocycles. The molecule has 0 N–H and O–H groups in total. The Morgan fingerprint density at radius 1 is 0.902 bits per heavy atom. The molecule has 0 amide bonds. The lowest BCUT2D eigenvalue weighted by Crippen LogP contribution is -2.24. The first kappa shape index (κ1) is 28.6. The fourth-order valence-electron chi connectivity index (χ4n) is 5.06. The van der Waals surface area contributed by atoms with Crippen molar-refractivity contribution in [3.05, 3.63) is 129 Å². The highest BCUT2D eigenvalue weighted by atomic mass is 32.1. The number of carbonyl (C=O) groups is 1. The second-order valence-electron chi connectivity index (χ2n) is 10.8. The third-order valence-electron chi connectivity index (χ3n) is 7.22. The molecule has 0 atom stereocenters. The van der Waals surface area contributed by atoms with E-state index in [4.69, 9.17) is 0 Å². The van der Waals surface area contributed by atoms with Gasteiger partial charge in [-0.3, -0.25) is 14.5 Å². The normalized spacial score (nSPS) is 11.6. The van der Waals surface area contributed by atoms with Crippen molar-refractivity contribution in [1.29, 1.82) is 0 Å². The van der Waals surface area contributed by atoms with E-state index in [1.165, 1.54) is 35.7 Å². The lowest BCUT2D eigenvalue weighted by Gasteiger charge is -2.18. The smallest absolute Gasteiger partial charge is 0.201 e. The van der Waals surface area contributed by atoms with Gasteiger partial charge in [-0.15, -0.1) is 11.3 Å². The molecule has 5 aromatic rings. The summed E-state index contributed by atoms with van der Waals surface area (Å²) in [7, 11) is 1.99. The Morgan fingerprint density at radius 3 is 2.20 bits per heavy atom. The van der Waals surface area contributed by atoms with Crippen molar-refractivity contribution < 1.29 is 13.6 Å². The Morgan fingerprint density at radius 2 is 1.56 bits per heavy atom. The van der Waals surface area contributed by atoms with E-state index in [0.29, 0.717) is 23.3 Å². The maximum atomic E-state index is 14.8. The van der Waals surface area contributed by atoms with Gasteiger partial charge >= 0.3 is 0 Å². The average molecular weight is 571 g/mol. The van der Waals surface area contributed by atoms with Crippen molar-refractivity contribution in [3.63, 3.8) is 0 Å². The summed E-state index contributed by atoms with van der Waals surface area (Å²) in [6.07, 6.45) is 1.48. The van der Waals surface area contributed by atoms with Crippen LogP contribution in [0.4, 0.5) is 8.78 Å². The summed E-state index contributed by atoms with van der Waals surface area (Å²) in [5.74, 6) is -2.07. The number of rotatable bonds is 9. The van der Waals surface area contributed by atoms with Crippen molar-refractivity contribution in [2.24, 2.45) is 5.92 Å². The van der Waals surface area contributed by atoms with Crippen LogP contribution in [0.25, 0.3) is 20.7 Å². The number of aryl methyl sites for hydroxylation is 1. The largest absolute Gasteiger partial charge is 0.334 e. The van der Waals surface area contributed by atoms with Crippen LogP contribution >= 0.6 is 11.3 Å². The van der Waals surface area contributed by atoms with Crippen molar-refractivity contribution in [3.8, 4) is 10.4 Å². The number of hydrogen-bond donors (Lipinski definition) is 0.